The molecule has 1 aromatic carbocycles. The maximum Gasteiger partial charge on any atom is 0.335 e. The largest absolute Gasteiger partial charge is 0.493 e. The lowest BCUT2D eigenvalue weighted by Crippen LogP contribution is -2.26. The molecule has 2 aromatic rings. The monoisotopic (exact) mass is 372 g/mol. The first kappa shape index (κ1) is 18.5. The van der Waals surface area contributed by atoms with E-state index in [1.165, 1.54) is 26.4 Å². The summed E-state index contributed by atoms with van der Waals surface area (Å²) in [5.74, 6) is -1.50. The molecular weight excluding hydrogens is 352 g/mol. The van der Waals surface area contributed by atoms with Gasteiger partial charge in [-0.3, -0.25) is 9.59 Å². The first-order valence-electron chi connectivity index (χ1n) is 8.50. The summed E-state index contributed by atoms with van der Waals surface area (Å²) >= 11 is 0. The van der Waals surface area contributed by atoms with Crippen molar-refractivity contribution in [1.82, 2.24) is 4.98 Å². The summed E-state index contributed by atoms with van der Waals surface area (Å²) in [7, 11) is 2.74. The van der Waals surface area contributed by atoms with Gasteiger partial charge in [-0.25, -0.2) is 4.79 Å². The Morgan fingerprint density at radius 2 is 1.85 bits per heavy atom. The van der Waals surface area contributed by atoms with Crippen LogP contribution >= 0.6 is 0 Å². The number of aromatic nitrogens is 1. The topological polar surface area (TPSA) is 118 Å². The third-order valence-corrected chi connectivity index (χ3v) is 4.56. The molecule has 0 fully saturated rings. The number of hydrogen-bond acceptors (Lipinski definition) is 5. The number of H-pyrrole nitrogens is 1. The number of carbonyl (C=O) groups is 2. The average molecular weight is 372 g/mol. The van der Waals surface area contributed by atoms with Crippen molar-refractivity contribution in [3.8, 4) is 11.5 Å². The predicted molar refractivity (Wildman–Crippen MR) is 98.2 cm³/mol. The molecule has 142 valence electrons. The van der Waals surface area contributed by atoms with Crippen molar-refractivity contribution in [2.24, 2.45) is 0 Å². The molecule has 1 amide bonds. The van der Waals surface area contributed by atoms with Gasteiger partial charge in [-0.2, -0.15) is 0 Å². The molecule has 0 saturated heterocycles. The van der Waals surface area contributed by atoms with E-state index in [0.29, 0.717) is 0 Å². The van der Waals surface area contributed by atoms with Crippen LogP contribution in [0.2, 0.25) is 0 Å². The number of nitrogens with one attached hydrogen (secondary N) is 2. The van der Waals surface area contributed by atoms with Crippen LogP contribution in [0.3, 0.4) is 0 Å². The molecule has 3 N–H and O–H groups in total. The highest BCUT2D eigenvalue weighted by molar-refractivity contribution is 6.06. The van der Waals surface area contributed by atoms with E-state index in [1.807, 2.05) is 0 Å². The highest BCUT2D eigenvalue weighted by atomic mass is 16.5. The Labute approximate surface area is 155 Å². The smallest absolute Gasteiger partial charge is 0.335 e. The number of aromatic amines is 1. The molecule has 8 heteroatoms. The lowest BCUT2D eigenvalue weighted by molar-refractivity contribution is 0.0696. The first-order valence-corrected chi connectivity index (χ1v) is 8.50. The van der Waals surface area contributed by atoms with E-state index in [0.717, 1.165) is 36.9 Å². The molecule has 0 unspecified atom stereocenters. The van der Waals surface area contributed by atoms with Crippen molar-refractivity contribution in [2.45, 2.75) is 25.7 Å². The number of benzene rings is 1. The lowest BCUT2D eigenvalue weighted by Gasteiger charge is -2.17. The maximum atomic E-state index is 12.7. The number of hydrogen-bond donors (Lipinski definition) is 3. The summed E-state index contributed by atoms with van der Waals surface area (Å²) in [6.07, 6.45) is 3.61. The van der Waals surface area contributed by atoms with E-state index in [9.17, 15) is 19.5 Å². The van der Waals surface area contributed by atoms with Gasteiger partial charge < -0.3 is 24.9 Å². The zero-order valence-corrected chi connectivity index (χ0v) is 15.0. The molecule has 1 heterocycles. The molecule has 0 radical (unpaired) electrons. The number of carboxylic acids is 1. The molecule has 1 aliphatic rings. The fourth-order valence-corrected chi connectivity index (χ4v) is 3.21. The summed E-state index contributed by atoms with van der Waals surface area (Å²) in [5.41, 5.74) is 1.34. The molecule has 8 nitrogen and oxygen atoms in total. The van der Waals surface area contributed by atoms with Crippen molar-refractivity contribution in [3.63, 3.8) is 0 Å². The molecular formula is C19H20N2O6. The Bertz CT molecular complexity index is 963. The zero-order valence-electron chi connectivity index (χ0n) is 15.0. The van der Waals surface area contributed by atoms with Crippen molar-refractivity contribution >= 4 is 17.6 Å². The van der Waals surface area contributed by atoms with Gasteiger partial charge in [0.05, 0.1) is 25.5 Å². The summed E-state index contributed by atoms with van der Waals surface area (Å²) in [6.45, 7) is 0. The summed E-state index contributed by atoms with van der Waals surface area (Å²) < 4.78 is 10.4. The number of methoxy groups -OCH3 is 2. The Kier molecular flexibility index (Phi) is 5.16. The van der Waals surface area contributed by atoms with Gasteiger partial charge in [0.15, 0.2) is 11.5 Å². The standard InChI is InChI=1S/C19H20N2O6/c1-26-15-9-11(19(24)25)8-14(16(15)27-2)21-18(23)12-7-10-5-3-4-6-13(10)20-17(12)22/h7-9H,3-6H2,1-2H3,(H,20,22)(H,21,23)(H,24,25). The molecule has 3 rings (SSSR count). The van der Waals surface area contributed by atoms with Crippen LogP contribution in [0.1, 0.15) is 44.8 Å². The number of fused-ring (bicyclic) bond motifs is 1. The van der Waals surface area contributed by atoms with Gasteiger partial charge in [0.2, 0.25) is 0 Å². The van der Waals surface area contributed by atoms with Crippen LogP contribution in [0, 0.1) is 0 Å². The number of amides is 1. The van der Waals surface area contributed by atoms with Gasteiger partial charge >= 0.3 is 5.97 Å². The molecule has 0 spiro atoms. The molecule has 0 atom stereocenters. The van der Waals surface area contributed by atoms with Crippen LogP contribution in [0.25, 0.3) is 0 Å². The minimum atomic E-state index is -1.18. The Morgan fingerprint density at radius 1 is 1.11 bits per heavy atom. The van der Waals surface area contributed by atoms with E-state index >= 15 is 0 Å². The summed E-state index contributed by atoms with van der Waals surface area (Å²) in [4.78, 5) is 39.1. The number of aromatic carboxylic acids is 1. The summed E-state index contributed by atoms with van der Waals surface area (Å²) in [5, 5.41) is 11.8. The normalized spacial score (nSPS) is 12.8. The Morgan fingerprint density at radius 3 is 2.52 bits per heavy atom. The molecule has 0 bridgehead atoms. The predicted octanol–water partition coefficient (Wildman–Crippen LogP) is 2.22. The quantitative estimate of drug-likeness (QED) is 0.741. The minimum absolute atomic E-state index is 0.0302. The van der Waals surface area contributed by atoms with E-state index in [4.69, 9.17) is 9.47 Å². The minimum Gasteiger partial charge on any atom is -0.493 e. The van der Waals surface area contributed by atoms with Gasteiger partial charge in [-0.1, -0.05) is 0 Å². The van der Waals surface area contributed by atoms with E-state index in [-0.39, 0.29) is 28.3 Å². The first-order chi connectivity index (χ1) is 12.9. The van der Waals surface area contributed by atoms with Gasteiger partial charge in [0.25, 0.3) is 11.5 Å². The third kappa shape index (κ3) is 3.64. The van der Waals surface area contributed by atoms with Gasteiger partial charge in [-0.05, 0) is 49.4 Å². The fraction of sp³-hybridized carbons (Fsp3) is 0.316. The van der Waals surface area contributed by atoms with E-state index < -0.39 is 17.4 Å². The Hall–Kier alpha value is -3.29. The second-order valence-corrected chi connectivity index (χ2v) is 6.24. The number of anilines is 1. The van der Waals surface area contributed by atoms with Crippen molar-refractivity contribution in [3.05, 3.63) is 50.9 Å². The highest BCUT2D eigenvalue weighted by Gasteiger charge is 2.21. The average Bonchev–Trinajstić information content (AvgIpc) is 2.66. The number of rotatable bonds is 5. The van der Waals surface area contributed by atoms with Crippen LogP contribution in [0.5, 0.6) is 11.5 Å². The van der Waals surface area contributed by atoms with Crippen LogP contribution < -0.4 is 20.3 Å². The highest BCUT2D eigenvalue weighted by Crippen LogP contribution is 2.37. The van der Waals surface area contributed by atoms with Crippen molar-refractivity contribution in [1.29, 1.82) is 0 Å². The second kappa shape index (κ2) is 7.53. The third-order valence-electron chi connectivity index (χ3n) is 4.56. The second-order valence-electron chi connectivity index (χ2n) is 6.24. The molecule has 1 aromatic heterocycles. The molecule has 1 aliphatic carbocycles. The van der Waals surface area contributed by atoms with Crippen molar-refractivity contribution < 1.29 is 24.2 Å². The molecule has 0 aliphatic heterocycles. The SMILES string of the molecule is COc1cc(C(=O)O)cc(NC(=O)c2cc3c([nH]c2=O)CCCC3)c1OC. The van der Waals surface area contributed by atoms with Crippen LogP contribution in [-0.4, -0.2) is 36.2 Å². The summed E-state index contributed by atoms with van der Waals surface area (Å²) in [6, 6.07) is 4.16. The molecule has 0 saturated carbocycles. The number of pyridine rings is 1. The van der Waals surface area contributed by atoms with Crippen LogP contribution in [0.4, 0.5) is 5.69 Å². The van der Waals surface area contributed by atoms with Gasteiger partial charge in [-0.15, -0.1) is 0 Å². The number of aryl methyl sites for hydroxylation is 2. The number of carboxylic acid groups (broad SMARTS) is 1. The Balaban J connectivity index is 2.00. The van der Waals surface area contributed by atoms with E-state index in [2.05, 4.69) is 10.3 Å². The number of carbonyl (C=O) groups excluding carboxylic acids is 1. The van der Waals surface area contributed by atoms with E-state index in [1.54, 1.807) is 6.07 Å². The van der Waals surface area contributed by atoms with Crippen LogP contribution in [-0.2, 0) is 12.8 Å². The zero-order chi connectivity index (χ0) is 19.6. The van der Waals surface area contributed by atoms with Gasteiger partial charge in [0.1, 0.15) is 5.56 Å². The molecule has 27 heavy (non-hydrogen) atoms. The van der Waals surface area contributed by atoms with Gasteiger partial charge in [0, 0.05) is 5.69 Å². The number of ether oxygens (including phenoxy) is 2. The lowest BCUT2D eigenvalue weighted by atomic mass is 9.95. The van der Waals surface area contributed by atoms with Crippen LogP contribution in [0.15, 0.2) is 23.0 Å². The maximum absolute atomic E-state index is 12.7. The van der Waals surface area contributed by atoms with Crippen molar-refractivity contribution in [2.75, 3.05) is 19.5 Å². The fourth-order valence-electron chi connectivity index (χ4n) is 3.21.